The summed E-state index contributed by atoms with van der Waals surface area (Å²) in [5, 5.41) is 3.45. The number of hydrogen-bond acceptors (Lipinski definition) is 2. The van der Waals surface area contributed by atoms with Crippen LogP contribution in [0.15, 0.2) is 24.5 Å². The van der Waals surface area contributed by atoms with Gasteiger partial charge in [0.25, 0.3) is 0 Å². The molecule has 2 aromatic rings. The van der Waals surface area contributed by atoms with Crippen molar-refractivity contribution in [2.45, 2.75) is 47.2 Å². The van der Waals surface area contributed by atoms with E-state index in [1.54, 1.807) is 0 Å². The van der Waals surface area contributed by atoms with E-state index in [9.17, 15) is 0 Å². The van der Waals surface area contributed by atoms with Crippen LogP contribution in [0.2, 0.25) is 0 Å². The van der Waals surface area contributed by atoms with Crippen LogP contribution in [0.25, 0.3) is 5.69 Å². The van der Waals surface area contributed by atoms with Crippen LogP contribution in [0.5, 0.6) is 0 Å². The van der Waals surface area contributed by atoms with Crippen molar-refractivity contribution in [3.63, 3.8) is 0 Å². The van der Waals surface area contributed by atoms with Crippen molar-refractivity contribution in [2.75, 3.05) is 0 Å². The van der Waals surface area contributed by atoms with Crippen LogP contribution in [0.4, 0.5) is 0 Å². The second-order valence-corrected chi connectivity index (χ2v) is 5.44. The monoisotopic (exact) mass is 257 g/mol. The first-order valence-corrected chi connectivity index (χ1v) is 6.83. The highest BCUT2D eigenvalue weighted by atomic mass is 15.1. The summed E-state index contributed by atoms with van der Waals surface area (Å²) in [7, 11) is 0. The molecule has 2 rings (SSSR count). The van der Waals surface area contributed by atoms with Crippen LogP contribution >= 0.6 is 0 Å². The molecule has 0 aliphatic carbocycles. The number of nitrogens with one attached hydrogen (secondary N) is 1. The van der Waals surface area contributed by atoms with Crippen molar-refractivity contribution in [3.8, 4) is 5.69 Å². The lowest BCUT2D eigenvalue weighted by atomic mass is 10.1. The summed E-state index contributed by atoms with van der Waals surface area (Å²) >= 11 is 0. The summed E-state index contributed by atoms with van der Waals surface area (Å²) in [6, 6.07) is 7.12. The smallest absolute Gasteiger partial charge is 0.0997 e. The number of hydrogen-bond donors (Lipinski definition) is 1. The summed E-state index contributed by atoms with van der Waals surface area (Å²) in [4.78, 5) is 4.38. The molecule has 1 N–H and O–H groups in total. The third-order valence-electron chi connectivity index (χ3n) is 3.50. The van der Waals surface area contributed by atoms with Crippen molar-refractivity contribution in [1.29, 1.82) is 0 Å². The lowest BCUT2D eigenvalue weighted by molar-refractivity contribution is 0.588. The van der Waals surface area contributed by atoms with E-state index >= 15 is 0 Å². The quantitative estimate of drug-likeness (QED) is 0.911. The van der Waals surface area contributed by atoms with Gasteiger partial charge in [0.15, 0.2) is 0 Å². The van der Waals surface area contributed by atoms with E-state index in [4.69, 9.17) is 0 Å². The summed E-state index contributed by atoms with van der Waals surface area (Å²) in [6.07, 6.45) is 1.91. The molecule has 102 valence electrons. The molecule has 0 bridgehead atoms. The maximum atomic E-state index is 4.38. The van der Waals surface area contributed by atoms with Gasteiger partial charge in [0.1, 0.15) is 0 Å². The molecule has 0 amide bonds. The fourth-order valence-corrected chi connectivity index (χ4v) is 2.09. The lowest BCUT2D eigenvalue weighted by Gasteiger charge is -2.13. The Bertz CT molecular complexity index is 567. The van der Waals surface area contributed by atoms with Gasteiger partial charge >= 0.3 is 0 Å². The van der Waals surface area contributed by atoms with Gasteiger partial charge in [0.05, 0.1) is 12.0 Å². The molecule has 0 radical (unpaired) electrons. The minimum Gasteiger partial charge on any atom is -0.310 e. The Morgan fingerprint density at radius 1 is 1.21 bits per heavy atom. The molecular weight excluding hydrogens is 234 g/mol. The van der Waals surface area contributed by atoms with E-state index in [0.29, 0.717) is 6.04 Å². The number of aryl methyl sites for hydroxylation is 2. The van der Waals surface area contributed by atoms with Gasteiger partial charge in [0, 0.05) is 24.0 Å². The zero-order valence-corrected chi connectivity index (χ0v) is 12.5. The Hall–Kier alpha value is -1.61. The highest BCUT2D eigenvalue weighted by molar-refractivity contribution is 5.45. The summed E-state index contributed by atoms with van der Waals surface area (Å²) in [6.45, 7) is 11.5. The predicted octanol–water partition coefficient (Wildman–Crippen LogP) is 3.30. The van der Waals surface area contributed by atoms with Crippen LogP contribution in [0, 0.1) is 20.8 Å². The molecule has 0 saturated heterocycles. The van der Waals surface area contributed by atoms with Gasteiger partial charge in [-0.05, 0) is 38.0 Å². The minimum absolute atomic E-state index is 0.502. The summed E-state index contributed by atoms with van der Waals surface area (Å²) in [5.74, 6) is 0. The van der Waals surface area contributed by atoms with E-state index in [0.717, 1.165) is 12.2 Å². The van der Waals surface area contributed by atoms with E-state index in [1.165, 1.54) is 22.5 Å². The molecule has 3 nitrogen and oxygen atoms in total. The van der Waals surface area contributed by atoms with Crippen molar-refractivity contribution < 1.29 is 0 Å². The van der Waals surface area contributed by atoms with E-state index < -0.39 is 0 Å². The number of benzene rings is 1. The molecule has 1 aromatic heterocycles. The molecule has 0 aliphatic rings. The van der Waals surface area contributed by atoms with E-state index in [2.05, 4.69) is 60.8 Å². The molecular formula is C16H23N3. The molecule has 0 unspecified atom stereocenters. The highest BCUT2D eigenvalue weighted by Gasteiger charge is 2.08. The average molecular weight is 257 g/mol. The Morgan fingerprint density at radius 2 is 1.95 bits per heavy atom. The highest BCUT2D eigenvalue weighted by Crippen LogP contribution is 2.19. The molecule has 3 heteroatoms. The Balaban J connectivity index is 2.34. The minimum atomic E-state index is 0.502. The van der Waals surface area contributed by atoms with Gasteiger partial charge in [-0.1, -0.05) is 26.0 Å². The SMILES string of the molecule is Cc1ccc(CNC(C)C)cc1-n1cnc(C)c1C. The predicted molar refractivity (Wildman–Crippen MR) is 79.8 cm³/mol. The van der Waals surface area contributed by atoms with Crippen molar-refractivity contribution >= 4 is 0 Å². The molecule has 1 aromatic carbocycles. The molecule has 19 heavy (non-hydrogen) atoms. The van der Waals surface area contributed by atoms with Crippen LogP contribution < -0.4 is 5.32 Å². The van der Waals surface area contributed by atoms with E-state index in [1.807, 2.05) is 13.3 Å². The zero-order valence-electron chi connectivity index (χ0n) is 12.5. The number of imidazole rings is 1. The van der Waals surface area contributed by atoms with Gasteiger partial charge in [-0.25, -0.2) is 4.98 Å². The zero-order chi connectivity index (χ0) is 14.0. The molecule has 0 spiro atoms. The molecule has 0 fully saturated rings. The van der Waals surface area contributed by atoms with Crippen molar-refractivity contribution in [1.82, 2.24) is 14.9 Å². The fraction of sp³-hybridized carbons (Fsp3) is 0.438. The average Bonchev–Trinajstić information content (AvgIpc) is 2.69. The third-order valence-corrected chi connectivity index (χ3v) is 3.50. The number of nitrogens with zero attached hydrogens (tertiary/aromatic N) is 2. The Kier molecular flexibility index (Phi) is 4.05. The van der Waals surface area contributed by atoms with Crippen LogP contribution in [0.3, 0.4) is 0 Å². The van der Waals surface area contributed by atoms with Gasteiger partial charge in [-0.2, -0.15) is 0 Å². The van der Waals surface area contributed by atoms with Gasteiger partial charge in [0.2, 0.25) is 0 Å². The van der Waals surface area contributed by atoms with Crippen molar-refractivity contribution in [3.05, 3.63) is 47.0 Å². The number of rotatable bonds is 4. The number of aromatic nitrogens is 2. The van der Waals surface area contributed by atoms with Crippen molar-refractivity contribution in [2.24, 2.45) is 0 Å². The van der Waals surface area contributed by atoms with Gasteiger partial charge < -0.3 is 9.88 Å². The molecule has 0 atom stereocenters. The van der Waals surface area contributed by atoms with E-state index in [-0.39, 0.29) is 0 Å². The third kappa shape index (κ3) is 3.04. The topological polar surface area (TPSA) is 29.9 Å². The second kappa shape index (κ2) is 5.57. The van der Waals surface area contributed by atoms with Crippen LogP contribution in [0.1, 0.15) is 36.4 Å². The largest absolute Gasteiger partial charge is 0.310 e. The first-order chi connectivity index (χ1) is 8.99. The van der Waals surface area contributed by atoms with Gasteiger partial charge in [-0.3, -0.25) is 0 Å². The Labute approximate surface area is 115 Å². The first kappa shape index (κ1) is 13.8. The maximum Gasteiger partial charge on any atom is 0.0997 e. The summed E-state index contributed by atoms with van der Waals surface area (Å²) < 4.78 is 2.17. The van der Waals surface area contributed by atoms with Crippen LogP contribution in [-0.4, -0.2) is 15.6 Å². The molecule has 0 saturated carbocycles. The van der Waals surface area contributed by atoms with Gasteiger partial charge in [-0.15, -0.1) is 0 Å². The lowest BCUT2D eigenvalue weighted by Crippen LogP contribution is -2.21. The Morgan fingerprint density at radius 3 is 2.53 bits per heavy atom. The maximum absolute atomic E-state index is 4.38. The summed E-state index contributed by atoms with van der Waals surface area (Å²) in [5.41, 5.74) is 6.09. The van der Waals surface area contributed by atoms with Crippen LogP contribution in [-0.2, 0) is 6.54 Å². The second-order valence-electron chi connectivity index (χ2n) is 5.44. The molecule has 1 heterocycles. The first-order valence-electron chi connectivity index (χ1n) is 6.83. The standard InChI is InChI=1S/C16H23N3/c1-11(2)17-9-15-7-6-12(3)16(8-15)19-10-18-13(4)14(19)5/h6-8,10-11,17H,9H2,1-5H3. The fourth-order valence-electron chi connectivity index (χ4n) is 2.09. The normalized spacial score (nSPS) is 11.3. The molecule has 0 aliphatic heterocycles.